The lowest BCUT2D eigenvalue weighted by atomic mass is 9.86. The number of para-hydroxylation sites is 1. The van der Waals surface area contributed by atoms with Crippen molar-refractivity contribution in [2.24, 2.45) is 0 Å². The van der Waals surface area contributed by atoms with Crippen molar-refractivity contribution in [3.63, 3.8) is 0 Å². The van der Waals surface area contributed by atoms with E-state index in [2.05, 4.69) is 57.2 Å². The summed E-state index contributed by atoms with van der Waals surface area (Å²) in [4.78, 5) is 16.9. The number of carbonyl (C=O) groups is 1. The molecule has 0 bridgehead atoms. The third kappa shape index (κ3) is 6.01. The first-order valence-electron chi connectivity index (χ1n) is 10.6. The van der Waals surface area contributed by atoms with Gasteiger partial charge in [0.15, 0.2) is 0 Å². The largest absolute Gasteiger partial charge is 0.437 e. The van der Waals surface area contributed by atoms with Crippen molar-refractivity contribution in [1.82, 2.24) is 4.98 Å². The molecule has 6 heteroatoms. The summed E-state index contributed by atoms with van der Waals surface area (Å²) in [5, 5.41) is 5.93. The molecular weight excluding hydrogens is 422 g/mol. The number of nitrogens with one attached hydrogen (secondary N) is 2. The molecule has 0 spiro atoms. The zero-order valence-corrected chi connectivity index (χ0v) is 20.2. The lowest BCUT2D eigenvalue weighted by Gasteiger charge is -2.23. The molecule has 1 heterocycles. The summed E-state index contributed by atoms with van der Waals surface area (Å²) < 4.78 is 6.11. The van der Waals surface area contributed by atoms with Crippen molar-refractivity contribution in [3.8, 4) is 11.6 Å². The number of nitrogens with zero attached hydrogens (tertiary/aromatic N) is 1. The van der Waals surface area contributed by atoms with Gasteiger partial charge in [-0.2, -0.15) is 4.98 Å². The highest BCUT2D eigenvalue weighted by atomic mass is 35.5. The number of benzene rings is 2. The second kappa shape index (κ2) is 9.21. The van der Waals surface area contributed by atoms with E-state index >= 15 is 0 Å². The standard InChI is InChI=1S/C26H30ClN3O2/c1-25(2,3)17-11-13-18(14-12-17)28-24(31)29-20-15-16-22(27)30-23(20)32-21-10-8-7-9-19(21)26(4,5)6/h7-16H,1-6H3,(H2,28,29,31). The van der Waals surface area contributed by atoms with Crippen molar-refractivity contribution in [1.29, 1.82) is 0 Å². The fourth-order valence-corrected chi connectivity index (χ4v) is 3.35. The highest BCUT2D eigenvalue weighted by Crippen LogP contribution is 2.36. The van der Waals surface area contributed by atoms with Gasteiger partial charge < -0.3 is 15.4 Å². The maximum absolute atomic E-state index is 12.6. The molecule has 0 fully saturated rings. The average molecular weight is 452 g/mol. The SMILES string of the molecule is CC(C)(C)c1ccc(NC(=O)Nc2ccc(Cl)nc2Oc2ccccc2C(C)(C)C)cc1. The van der Waals surface area contributed by atoms with Gasteiger partial charge in [-0.15, -0.1) is 0 Å². The number of halogens is 1. The van der Waals surface area contributed by atoms with Crippen molar-refractivity contribution in [3.05, 3.63) is 76.9 Å². The molecule has 5 nitrogen and oxygen atoms in total. The molecule has 3 rings (SSSR count). The molecule has 32 heavy (non-hydrogen) atoms. The Morgan fingerprint density at radius 3 is 2.12 bits per heavy atom. The smallest absolute Gasteiger partial charge is 0.323 e. The van der Waals surface area contributed by atoms with E-state index in [4.69, 9.17) is 16.3 Å². The predicted molar refractivity (Wildman–Crippen MR) is 132 cm³/mol. The number of pyridine rings is 1. The van der Waals surface area contributed by atoms with E-state index < -0.39 is 6.03 Å². The van der Waals surface area contributed by atoms with Crippen molar-refractivity contribution in [2.45, 2.75) is 52.4 Å². The third-order valence-corrected chi connectivity index (χ3v) is 5.20. The number of amides is 2. The van der Waals surface area contributed by atoms with Crippen LogP contribution in [0.25, 0.3) is 0 Å². The van der Waals surface area contributed by atoms with Gasteiger partial charge in [0, 0.05) is 11.3 Å². The molecular formula is C26H30ClN3O2. The average Bonchev–Trinajstić information content (AvgIpc) is 2.69. The molecule has 0 atom stereocenters. The van der Waals surface area contributed by atoms with Gasteiger partial charge in [0.05, 0.1) is 0 Å². The Morgan fingerprint density at radius 1 is 0.844 bits per heavy atom. The first-order chi connectivity index (χ1) is 14.9. The van der Waals surface area contributed by atoms with Gasteiger partial charge in [-0.3, -0.25) is 0 Å². The summed E-state index contributed by atoms with van der Waals surface area (Å²) in [5.74, 6) is 0.892. The molecule has 0 aliphatic heterocycles. The van der Waals surface area contributed by atoms with Gasteiger partial charge >= 0.3 is 6.03 Å². The molecule has 0 saturated carbocycles. The number of anilines is 2. The van der Waals surface area contributed by atoms with E-state index in [-0.39, 0.29) is 21.9 Å². The molecule has 2 amide bonds. The summed E-state index contributed by atoms with van der Waals surface area (Å²) in [5.41, 5.74) is 3.25. The van der Waals surface area contributed by atoms with Gasteiger partial charge in [0.1, 0.15) is 16.6 Å². The molecule has 168 valence electrons. The predicted octanol–water partition coefficient (Wildman–Crippen LogP) is 7.77. The summed E-state index contributed by atoms with van der Waals surface area (Å²) in [6.07, 6.45) is 0. The van der Waals surface area contributed by atoms with Crippen LogP contribution in [0.2, 0.25) is 5.15 Å². The molecule has 0 radical (unpaired) electrons. The van der Waals surface area contributed by atoms with Crippen LogP contribution in [0, 0.1) is 0 Å². The Bertz CT molecular complexity index is 1100. The maximum Gasteiger partial charge on any atom is 0.323 e. The quantitative estimate of drug-likeness (QED) is 0.398. The van der Waals surface area contributed by atoms with Crippen LogP contribution in [0.15, 0.2) is 60.7 Å². The van der Waals surface area contributed by atoms with Gasteiger partial charge in [0.25, 0.3) is 0 Å². The van der Waals surface area contributed by atoms with Crippen LogP contribution in [0.3, 0.4) is 0 Å². The summed E-state index contributed by atoms with van der Waals surface area (Å²) >= 11 is 6.11. The summed E-state index contributed by atoms with van der Waals surface area (Å²) in [6.45, 7) is 12.8. The van der Waals surface area contributed by atoms with E-state index in [9.17, 15) is 4.79 Å². The Kier molecular flexibility index (Phi) is 6.79. The Hall–Kier alpha value is -3.05. The Morgan fingerprint density at radius 2 is 1.50 bits per heavy atom. The number of aromatic nitrogens is 1. The monoisotopic (exact) mass is 451 g/mol. The first kappa shape index (κ1) is 23.6. The second-order valence-corrected chi connectivity index (χ2v) is 10.1. The van der Waals surface area contributed by atoms with Crippen LogP contribution in [-0.4, -0.2) is 11.0 Å². The highest BCUT2D eigenvalue weighted by Gasteiger charge is 2.20. The van der Waals surface area contributed by atoms with Crippen LogP contribution in [0.4, 0.5) is 16.2 Å². The fourth-order valence-electron chi connectivity index (χ4n) is 3.21. The maximum atomic E-state index is 12.6. The number of hydrogen-bond acceptors (Lipinski definition) is 3. The van der Waals surface area contributed by atoms with Crippen LogP contribution < -0.4 is 15.4 Å². The molecule has 2 N–H and O–H groups in total. The van der Waals surface area contributed by atoms with Crippen molar-refractivity contribution in [2.75, 3.05) is 10.6 Å². The highest BCUT2D eigenvalue weighted by molar-refractivity contribution is 6.29. The second-order valence-electron chi connectivity index (χ2n) is 9.74. The van der Waals surface area contributed by atoms with Crippen LogP contribution in [0.1, 0.15) is 52.7 Å². The molecule has 1 aromatic heterocycles. The van der Waals surface area contributed by atoms with Crippen molar-refractivity contribution >= 4 is 29.0 Å². The number of hydrogen-bond donors (Lipinski definition) is 2. The van der Waals surface area contributed by atoms with E-state index in [1.54, 1.807) is 12.1 Å². The summed E-state index contributed by atoms with van der Waals surface area (Å²) in [6, 6.07) is 18.4. The van der Waals surface area contributed by atoms with Gasteiger partial charge in [0.2, 0.25) is 5.88 Å². The molecule has 0 aliphatic rings. The minimum Gasteiger partial charge on any atom is -0.437 e. The first-order valence-corrected chi connectivity index (χ1v) is 10.9. The van der Waals surface area contributed by atoms with E-state index in [1.807, 2.05) is 48.5 Å². The van der Waals surface area contributed by atoms with E-state index in [1.165, 1.54) is 5.56 Å². The molecule has 0 unspecified atom stereocenters. The third-order valence-electron chi connectivity index (χ3n) is 4.98. The topological polar surface area (TPSA) is 63.2 Å². The van der Waals surface area contributed by atoms with Gasteiger partial charge in [-0.1, -0.05) is 83.5 Å². The fraction of sp³-hybridized carbons (Fsp3) is 0.308. The van der Waals surface area contributed by atoms with Crippen LogP contribution in [-0.2, 0) is 10.8 Å². The normalized spacial score (nSPS) is 11.7. The van der Waals surface area contributed by atoms with E-state index in [0.29, 0.717) is 17.1 Å². The minimum absolute atomic E-state index is 0.0470. The van der Waals surface area contributed by atoms with Crippen LogP contribution >= 0.6 is 11.6 Å². The molecule has 2 aromatic carbocycles. The zero-order valence-electron chi connectivity index (χ0n) is 19.4. The molecule has 0 saturated heterocycles. The van der Waals surface area contributed by atoms with Gasteiger partial charge in [-0.25, -0.2) is 4.79 Å². The lowest BCUT2D eigenvalue weighted by molar-refractivity contribution is 0.262. The minimum atomic E-state index is -0.397. The number of ether oxygens (including phenoxy) is 1. The van der Waals surface area contributed by atoms with Gasteiger partial charge in [-0.05, 0) is 46.7 Å². The molecule has 0 aliphatic carbocycles. The Labute approximate surface area is 195 Å². The number of carbonyl (C=O) groups excluding carboxylic acids is 1. The van der Waals surface area contributed by atoms with E-state index in [0.717, 1.165) is 5.56 Å². The van der Waals surface area contributed by atoms with Crippen molar-refractivity contribution < 1.29 is 9.53 Å². The number of rotatable bonds is 4. The summed E-state index contributed by atoms with van der Waals surface area (Å²) in [7, 11) is 0. The molecule has 3 aromatic rings. The zero-order chi connectivity index (χ0) is 23.5. The number of urea groups is 1. The Balaban J connectivity index is 1.79. The lowest BCUT2D eigenvalue weighted by Crippen LogP contribution is -2.20. The van der Waals surface area contributed by atoms with Crippen LogP contribution in [0.5, 0.6) is 11.6 Å².